The second-order valence-corrected chi connectivity index (χ2v) is 8.05. The molecular weight excluding hydrogens is 430 g/mol. The van der Waals surface area contributed by atoms with Gasteiger partial charge in [-0.15, -0.1) is 0 Å². The van der Waals surface area contributed by atoms with Crippen molar-refractivity contribution in [1.29, 1.82) is 0 Å². The molecule has 0 spiro atoms. The highest BCUT2D eigenvalue weighted by molar-refractivity contribution is 5.90. The minimum absolute atomic E-state index is 0.565. The molecule has 5 rings (SSSR count). The summed E-state index contributed by atoms with van der Waals surface area (Å²) in [6.07, 6.45) is 1.55. The average Bonchev–Trinajstić information content (AvgIpc) is 3.28. The van der Waals surface area contributed by atoms with Crippen LogP contribution >= 0.6 is 0 Å². The molecule has 0 amide bonds. The number of methoxy groups -OCH3 is 4. The smallest absolute Gasteiger partial charge is 0.203 e. The molecule has 34 heavy (non-hydrogen) atoms. The number of benzene rings is 3. The van der Waals surface area contributed by atoms with Crippen molar-refractivity contribution in [2.75, 3.05) is 34.2 Å². The monoisotopic (exact) mass is 457 g/mol. The summed E-state index contributed by atoms with van der Waals surface area (Å²) in [5.41, 5.74) is 13.9. The summed E-state index contributed by atoms with van der Waals surface area (Å²) >= 11 is 0. The Bertz CT molecular complexity index is 1360. The molecule has 1 aromatic heterocycles. The molecular formula is C27H27N3O4. The predicted octanol–water partition coefficient (Wildman–Crippen LogP) is 4.92. The molecule has 4 aromatic rings. The number of aromatic nitrogens is 2. The van der Waals surface area contributed by atoms with Crippen molar-refractivity contribution >= 4 is 5.69 Å². The van der Waals surface area contributed by atoms with Gasteiger partial charge in [-0.2, -0.15) is 5.10 Å². The molecule has 0 fully saturated rings. The van der Waals surface area contributed by atoms with Crippen LogP contribution in [0.2, 0.25) is 0 Å². The standard InChI is InChI=1S/C27H27N3O4/c1-31-22-13-10-16(14-20(22)28)25-24-19-15-23(32-2)27(34-4)26(33-3)18(19)11-12-21(24)29-30(25)17-8-6-5-7-9-17/h5-10,13-15H,11-12,28H2,1-4H3. The van der Waals surface area contributed by atoms with Crippen LogP contribution in [0.25, 0.3) is 28.1 Å². The summed E-state index contributed by atoms with van der Waals surface area (Å²) in [6.45, 7) is 0. The molecule has 0 radical (unpaired) electrons. The van der Waals surface area contributed by atoms with Gasteiger partial charge in [-0.25, -0.2) is 4.68 Å². The van der Waals surface area contributed by atoms with Crippen molar-refractivity contribution in [3.63, 3.8) is 0 Å². The Labute approximate surface area is 198 Å². The first-order chi connectivity index (χ1) is 16.6. The fraction of sp³-hybridized carbons (Fsp3) is 0.222. The molecule has 0 bridgehead atoms. The van der Waals surface area contributed by atoms with Crippen LogP contribution < -0.4 is 24.7 Å². The maximum atomic E-state index is 6.32. The number of hydrogen-bond donors (Lipinski definition) is 1. The van der Waals surface area contributed by atoms with E-state index in [0.717, 1.165) is 52.2 Å². The zero-order chi connectivity index (χ0) is 23.8. The van der Waals surface area contributed by atoms with E-state index in [9.17, 15) is 0 Å². The van der Waals surface area contributed by atoms with Crippen molar-refractivity contribution in [3.8, 4) is 51.1 Å². The van der Waals surface area contributed by atoms with E-state index in [4.69, 9.17) is 29.8 Å². The van der Waals surface area contributed by atoms with Crippen molar-refractivity contribution in [3.05, 3.63) is 65.9 Å². The Balaban J connectivity index is 1.85. The number of rotatable bonds is 6. The average molecular weight is 458 g/mol. The van der Waals surface area contributed by atoms with Crippen LogP contribution in [-0.4, -0.2) is 38.2 Å². The van der Waals surface area contributed by atoms with Gasteiger partial charge in [-0.3, -0.25) is 0 Å². The third kappa shape index (κ3) is 3.32. The zero-order valence-corrected chi connectivity index (χ0v) is 19.7. The van der Waals surface area contributed by atoms with E-state index in [1.165, 1.54) is 0 Å². The van der Waals surface area contributed by atoms with E-state index in [1.54, 1.807) is 28.4 Å². The Kier molecular flexibility index (Phi) is 5.53. The van der Waals surface area contributed by atoms with Crippen LogP contribution in [-0.2, 0) is 12.8 Å². The molecule has 174 valence electrons. The van der Waals surface area contributed by atoms with Crippen molar-refractivity contribution in [2.45, 2.75) is 12.8 Å². The van der Waals surface area contributed by atoms with E-state index >= 15 is 0 Å². The van der Waals surface area contributed by atoms with Crippen LogP contribution in [0.3, 0.4) is 0 Å². The third-order valence-corrected chi connectivity index (χ3v) is 6.28. The minimum atomic E-state index is 0.565. The van der Waals surface area contributed by atoms with Crippen molar-refractivity contribution in [2.24, 2.45) is 0 Å². The summed E-state index contributed by atoms with van der Waals surface area (Å²) in [4.78, 5) is 0. The Morgan fingerprint density at radius 1 is 0.794 bits per heavy atom. The quantitative estimate of drug-likeness (QED) is 0.414. The lowest BCUT2D eigenvalue weighted by molar-refractivity contribution is 0.322. The number of anilines is 1. The van der Waals surface area contributed by atoms with E-state index in [2.05, 4.69) is 0 Å². The molecule has 7 nitrogen and oxygen atoms in total. The van der Waals surface area contributed by atoms with E-state index in [0.29, 0.717) is 28.7 Å². The molecule has 1 aliphatic rings. The van der Waals surface area contributed by atoms with E-state index in [-0.39, 0.29) is 0 Å². The number of aryl methyl sites for hydroxylation is 1. The lowest BCUT2D eigenvalue weighted by atomic mass is 9.85. The normalized spacial score (nSPS) is 12.0. The van der Waals surface area contributed by atoms with Gasteiger partial charge in [-0.1, -0.05) is 18.2 Å². The third-order valence-electron chi connectivity index (χ3n) is 6.28. The molecule has 0 atom stereocenters. The van der Waals surface area contributed by atoms with Gasteiger partial charge in [0.25, 0.3) is 0 Å². The van der Waals surface area contributed by atoms with Gasteiger partial charge < -0.3 is 24.7 Å². The van der Waals surface area contributed by atoms with Crippen molar-refractivity contribution in [1.82, 2.24) is 9.78 Å². The maximum Gasteiger partial charge on any atom is 0.203 e. The molecule has 1 aliphatic carbocycles. The van der Waals surface area contributed by atoms with Gasteiger partial charge in [0.1, 0.15) is 5.75 Å². The number of nitrogens with two attached hydrogens (primary N) is 1. The number of nitrogen functional groups attached to an aromatic ring is 1. The Morgan fingerprint density at radius 2 is 1.53 bits per heavy atom. The SMILES string of the molecule is COc1ccc(-c2c3c(nn2-c2ccccc2)CCc2c-3cc(OC)c(OC)c2OC)cc1N. The maximum absolute atomic E-state index is 6.32. The molecule has 0 unspecified atom stereocenters. The highest BCUT2D eigenvalue weighted by Gasteiger charge is 2.31. The first-order valence-electron chi connectivity index (χ1n) is 11.0. The number of hydrogen-bond acceptors (Lipinski definition) is 6. The number of fused-ring (bicyclic) bond motifs is 3. The highest BCUT2D eigenvalue weighted by Crippen LogP contribution is 2.51. The number of nitrogens with zero attached hydrogens (tertiary/aromatic N) is 2. The number of para-hydroxylation sites is 1. The van der Waals surface area contributed by atoms with Gasteiger partial charge in [0.15, 0.2) is 11.5 Å². The molecule has 2 N–H and O–H groups in total. The molecule has 0 aliphatic heterocycles. The zero-order valence-electron chi connectivity index (χ0n) is 19.7. The summed E-state index contributed by atoms with van der Waals surface area (Å²) in [7, 11) is 6.53. The number of ether oxygens (including phenoxy) is 4. The molecule has 7 heteroatoms. The largest absolute Gasteiger partial charge is 0.495 e. The fourth-order valence-corrected chi connectivity index (χ4v) is 4.76. The molecule has 1 heterocycles. The summed E-state index contributed by atoms with van der Waals surface area (Å²) < 4.78 is 24.5. The second-order valence-electron chi connectivity index (χ2n) is 8.05. The Hall–Kier alpha value is -4.13. The van der Waals surface area contributed by atoms with Gasteiger partial charge in [0.05, 0.1) is 51.2 Å². The van der Waals surface area contributed by atoms with Crippen LogP contribution in [0.15, 0.2) is 54.6 Å². The van der Waals surface area contributed by atoms with Gasteiger partial charge in [0.2, 0.25) is 5.75 Å². The molecule has 0 saturated carbocycles. The summed E-state index contributed by atoms with van der Waals surface area (Å²) in [6, 6.07) is 18.0. The molecule has 3 aromatic carbocycles. The first kappa shape index (κ1) is 21.7. The fourth-order valence-electron chi connectivity index (χ4n) is 4.76. The lowest BCUT2D eigenvalue weighted by Gasteiger charge is -2.23. The molecule has 0 saturated heterocycles. The van der Waals surface area contributed by atoms with Gasteiger partial charge in [-0.05, 0) is 54.8 Å². The van der Waals surface area contributed by atoms with Gasteiger partial charge in [0, 0.05) is 16.7 Å². The van der Waals surface area contributed by atoms with Crippen LogP contribution in [0, 0.1) is 0 Å². The summed E-state index contributed by atoms with van der Waals surface area (Å²) in [5.74, 6) is 2.53. The second kappa shape index (κ2) is 8.67. The first-order valence-corrected chi connectivity index (χ1v) is 11.0. The van der Waals surface area contributed by atoms with Crippen LogP contribution in [0.1, 0.15) is 11.3 Å². The van der Waals surface area contributed by atoms with Crippen LogP contribution in [0.5, 0.6) is 23.0 Å². The van der Waals surface area contributed by atoms with Crippen LogP contribution in [0.4, 0.5) is 5.69 Å². The lowest BCUT2D eigenvalue weighted by Crippen LogP contribution is -2.08. The van der Waals surface area contributed by atoms with Gasteiger partial charge >= 0.3 is 0 Å². The summed E-state index contributed by atoms with van der Waals surface area (Å²) in [5, 5.41) is 5.05. The predicted molar refractivity (Wildman–Crippen MR) is 132 cm³/mol. The minimum Gasteiger partial charge on any atom is -0.495 e. The Morgan fingerprint density at radius 3 is 2.18 bits per heavy atom. The van der Waals surface area contributed by atoms with E-state index in [1.807, 2.05) is 59.3 Å². The van der Waals surface area contributed by atoms with Crippen molar-refractivity contribution < 1.29 is 18.9 Å². The highest BCUT2D eigenvalue weighted by atomic mass is 16.5. The topological polar surface area (TPSA) is 80.8 Å². The van der Waals surface area contributed by atoms with E-state index < -0.39 is 0 Å².